The first-order valence-corrected chi connectivity index (χ1v) is 12.0. The van der Waals surface area contributed by atoms with Crippen molar-refractivity contribution in [2.45, 2.75) is 43.8 Å². The van der Waals surface area contributed by atoms with Crippen LogP contribution in [0.3, 0.4) is 0 Å². The molecule has 0 bridgehead atoms. The Morgan fingerprint density at radius 1 is 0.909 bits per heavy atom. The van der Waals surface area contributed by atoms with Crippen LogP contribution in [0.5, 0.6) is 0 Å². The van der Waals surface area contributed by atoms with Gasteiger partial charge in [0.1, 0.15) is 11.9 Å². The number of nitrogens with one attached hydrogen (secondary N) is 1. The molecule has 0 spiro atoms. The van der Waals surface area contributed by atoms with E-state index in [9.17, 15) is 14.0 Å². The minimum absolute atomic E-state index is 0.0177. The number of carbonyl (C=O) groups excluding carboxylic acids is 2. The SMILES string of the molecule is CC(C)NC(=O)[C@H](Cc1ccccc1)N(Cc1ccccc1F)C(=O)CSc1ccccc1. The molecule has 0 saturated heterocycles. The van der Waals surface area contributed by atoms with Crippen molar-refractivity contribution in [1.29, 1.82) is 0 Å². The molecule has 0 aliphatic rings. The summed E-state index contributed by atoms with van der Waals surface area (Å²) in [4.78, 5) is 29.2. The summed E-state index contributed by atoms with van der Waals surface area (Å²) in [5.74, 6) is -0.706. The molecular weight excluding hydrogens is 435 g/mol. The molecule has 33 heavy (non-hydrogen) atoms. The van der Waals surface area contributed by atoms with E-state index in [1.54, 1.807) is 18.2 Å². The van der Waals surface area contributed by atoms with Crippen molar-refractivity contribution < 1.29 is 14.0 Å². The zero-order chi connectivity index (χ0) is 23.6. The van der Waals surface area contributed by atoms with Crippen LogP contribution in [0.25, 0.3) is 0 Å². The van der Waals surface area contributed by atoms with Crippen molar-refractivity contribution in [2.24, 2.45) is 0 Å². The lowest BCUT2D eigenvalue weighted by Crippen LogP contribution is -2.52. The standard InChI is InChI=1S/C27H29FN2O2S/c1-20(2)29-27(32)25(17-21-11-5-3-6-12-21)30(18-22-13-9-10-16-24(22)28)26(31)19-33-23-14-7-4-8-15-23/h3-16,20,25H,17-19H2,1-2H3,(H,29,32)/t25-/m0/s1. The van der Waals surface area contributed by atoms with Crippen molar-refractivity contribution in [2.75, 3.05) is 5.75 Å². The van der Waals surface area contributed by atoms with Gasteiger partial charge in [0.15, 0.2) is 0 Å². The van der Waals surface area contributed by atoms with Crippen LogP contribution in [0.2, 0.25) is 0 Å². The second kappa shape index (κ2) is 12.2. The lowest BCUT2D eigenvalue weighted by atomic mass is 10.0. The van der Waals surface area contributed by atoms with Crippen LogP contribution >= 0.6 is 11.8 Å². The number of halogens is 1. The molecule has 0 saturated carbocycles. The second-order valence-electron chi connectivity index (χ2n) is 8.08. The number of thioether (sulfide) groups is 1. The van der Waals surface area contributed by atoms with E-state index in [0.29, 0.717) is 12.0 Å². The van der Waals surface area contributed by atoms with Gasteiger partial charge in [-0.25, -0.2) is 4.39 Å². The summed E-state index contributed by atoms with van der Waals surface area (Å²) in [6.45, 7) is 3.78. The Morgan fingerprint density at radius 2 is 1.52 bits per heavy atom. The van der Waals surface area contributed by atoms with Crippen molar-refractivity contribution in [3.05, 3.63) is 102 Å². The first-order chi connectivity index (χ1) is 15.9. The lowest BCUT2D eigenvalue weighted by molar-refractivity contribution is -0.139. The van der Waals surface area contributed by atoms with Crippen LogP contribution in [0.15, 0.2) is 89.8 Å². The monoisotopic (exact) mass is 464 g/mol. The van der Waals surface area contributed by atoms with Gasteiger partial charge in [-0.3, -0.25) is 9.59 Å². The Morgan fingerprint density at radius 3 is 2.15 bits per heavy atom. The molecule has 4 nitrogen and oxygen atoms in total. The Kier molecular flexibility index (Phi) is 9.07. The Hall–Kier alpha value is -3.12. The number of nitrogens with zero attached hydrogens (tertiary/aromatic N) is 1. The molecule has 3 rings (SSSR count). The largest absolute Gasteiger partial charge is 0.352 e. The molecule has 0 aromatic heterocycles. The molecule has 1 N–H and O–H groups in total. The third-order valence-corrected chi connectivity index (χ3v) is 6.10. The molecule has 0 aliphatic heterocycles. The van der Waals surface area contributed by atoms with E-state index in [-0.39, 0.29) is 30.2 Å². The molecule has 3 aromatic rings. The molecule has 2 amide bonds. The molecule has 0 aliphatic carbocycles. The van der Waals surface area contributed by atoms with Crippen molar-refractivity contribution in [1.82, 2.24) is 10.2 Å². The van der Waals surface area contributed by atoms with Gasteiger partial charge in [-0.05, 0) is 37.6 Å². The molecule has 172 valence electrons. The van der Waals surface area contributed by atoms with Crippen molar-refractivity contribution >= 4 is 23.6 Å². The molecule has 6 heteroatoms. The highest BCUT2D eigenvalue weighted by atomic mass is 32.2. The van der Waals surface area contributed by atoms with E-state index in [4.69, 9.17) is 0 Å². The highest BCUT2D eigenvalue weighted by molar-refractivity contribution is 8.00. The second-order valence-corrected chi connectivity index (χ2v) is 9.13. The summed E-state index contributed by atoms with van der Waals surface area (Å²) in [6, 6.07) is 24.7. The maximum absolute atomic E-state index is 14.5. The van der Waals surface area contributed by atoms with Gasteiger partial charge in [-0.15, -0.1) is 11.8 Å². The molecule has 0 radical (unpaired) electrons. The van der Waals surface area contributed by atoms with Gasteiger partial charge in [-0.2, -0.15) is 0 Å². The van der Waals surface area contributed by atoms with Crippen LogP contribution in [-0.4, -0.2) is 34.6 Å². The van der Waals surface area contributed by atoms with E-state index in [1.807, 2.05) is 74.5 Å². The summed E-state index contributed by atoms with van der Waals surface area (Å²) in [7, 11) is 0. The lowest BCUT2D eigenvalue weighted by Gasteiger charge is -2.32. The summed E-state index contributed by atoms with van der Waals surface area (Å²) >= 11 is 1.40. The van der Waals surface area contributed by atoms with Gasteiger partial charge >= 0.3 is 0 Å². The predicted octanol–water partition coefficient (Wildman–Crippen LogP) is 5.08. The van der Waals surface area contributed by atoms with Gasteiger partial charge in [-0.1, -0.05) is 66.7 Å². The minimum atomic E-state index is -0.765. The Labute approximate surface area is 199 Å². The maximum atomic E-state index is 14.5. The van der Waals surface area contributed by atoms with E-state index in [0.717, 1.165) is 10.5 Å². The van der Waals surface area contributed by atoms with Gasteiger partial charge in [0.2, 0.25) is 11.8 Å². The van der Waals surface area contributed by atoms with Crippen LogP contribution in [0, 0.1) is 5.82 Å². The highest BCUT2D eigenvalue weighted by Crippen LogP contribution is 2.21. The van der Waals surface area contributed by atoms with Crippen molar-refractivity contribution in [3.8, 4) is 0 Å². The van der Waals surface area contributed by atoms with E-state index in [2.05, 4.69) is 5.32 Å². The van der Waals surface area contributed by atoms with Gasteiger partial charge in [0.05, 0.1) is 5.75 Å². The molecule has 3 aromatic carbocycles. The zero-order valence-electron chi connectivity index (χ0n) is 18.9. The summed E-state index contributed by atoms with van der Waals surface area (Å²) in [6.07, 6.45) is 0.343. The third-order valence-electron chi connectivity index (χ3n) is 5.11. The number of rotatable bonds is 10. The van der Waals surface area contributed by atoms with Gasteiger partial charge in [0.25, 0.3) is 0 Å². The molecule has 0 fully saturated rings. The van der Waals surface area contributed by atoms with Gasteiger partial charge < -0.3 is 10.2 Å². The fraction of sp³-hybridized carbons (Fsp3) is 0.259. The van der Waals surface area contributed by atoms with E-state index < -0.39 is 11.9 Å². The fourth-order valence-electron chi connectivity index (χ4n) is 3.49. The van der Waals surface area contributed by atoms with Crippen molar-refractivity contribution in [3.63, 3.8) is 0 Å². The first kappa shape index (κ1) is 24.5. The first-order valence-electron chi connectivity index (χ1n) is 11.0. The maximum Gasteiger partial charge on any atom is 0.243 e. The number of hydrogen-bond acceptors (Lipinski definition) is 3. The summed E-state index contributed by atoms with van der Waals surface area (Å²) in [5.41, 5.74) is 1.31. The number of benzene rings is 3. The Bertz CT molecular complexity index is 1040. The highest BCUT2D eigenvalue weighted by Gasteiger charge is 2.31. The number of amides is 2. The average Bonchev–Trinajstić information content (AvgIpc) is 2.81. The van der Waals surface area contributed by atoms with Gasteiger partial charge in [0, 0.05) is 29.5 Å². The average molecular weight is 465 g/mol. The van der Waals surface area contributed by atoms with E-state index in [1.165, 1.54) is 22.7 Å². The van der Waals surface area contributed by atoms with Crippen LogP contribution in [-0.2, 0) is 22.6 Å². The van der Waals surface area contributed by atoms with E-state index >= 15 is 0 Å². The van der Waals surface area contributed by atoms with Crippen LogP contribution in [0.4, 0.5) is 4.39 Å². The van der Waals surface area contributed by atoms with Crippen LogP contribution < -0.4 is 5.32 Å². The molecule has 1 atom stereocenters. The zero-order valence-corrected chi connectivity index (χ0v) is 19.7. The fourth-order valence-corrected chi connectivity index (χ4v) is 4.30. The summed E-state index contributed by atoms with van der Waals surface area (Å²) in [5, 5.41) is 2.94. The van der Waals surface area contributed by atoms with Crippen LogP contribution in [0.1, 0.15) is 25.0 Å². The third kappa shape index (κ3) is 7.46. The smallest absolute Gasteiger partial charge is 0.243 e. The quantitative estimate of drug-likeness (QED) is 0.426. The normalized spacial score (nSPS) is 11.8. The topological polar surface area (TPSA) is 49.4 Å². The predicted molar refractivity (Wildman–Crippen MR) is 131 cm³/mol. The number of hydrogen-bond donors (Lipinski definition) is 1. The molecule has 0 heterocycles. The molecular formula is C27H29FN2O2S. The summed E-state index contributed by atoms with van der Waals surface area (Å²) < 4.78 is 14.5. The Balaban J connectivity index is 1.91. The minimum Gasteiger partial charge on any atom is -0.352 e. The number of carbonyl (C=O) groups is 2. The molecule has 0 unspecified atom stereocenters.